The summed E-state index contributed by atoms with van der Waals surface area (Å²) in [5.41, 5.74) is 3.08. The van der Waals surface area contributed by atoms with Gasteiger partial charge in [-0.3, -0.25) is 0 Å². The number of methoxy groups -OCH3 is 1. The van der Waals surface area contributed by atoms with Crippen LogP contribution in [0.2, 0.25) is 0 Å². The lowest BCUT2D eigenvalue weighted by atomic mass is 10.1. The summed E-state index contributed by atoms with van der Waals surface area (Å²) >= 11 is 0. The van der Waals surface area contributed by atoms with Gasteiger partial charge >= 0.3 is 5.97 Å². The topological polar surface area (TPSA) is 31.2 Å². The number of benzene rings is 1. The molecule has 0 aliphatic heterocycles. The van der Waals surface area contributed by atoms with Gasteiger partial charge in [-0.05, 0) is 31.5 Å². The Hall–Kier alpha value is -2.03. The van der Waals surface area contributed by atoms with Gasteiger partial charge in [0.15, 0.2) is 0 Å². The normalized spacial score (nSPS) is 11.8. The van der Waals surface area contributed by atoms with Crippen LogP contribution in [0.5, 0.6) is 0 Å². The van der Waals surface area contributed by atoms with Gasteiger partial charge in [-0.1, -0.05) is 18.2 Å². The number of fused-ring (bicyclic) bond motifs is 1. The molecular weight excluding hydrogens is 226 g/mol. The van der Waals surface area contributed by atoms with E-state index < -0.39 is 0 Å². The Labute approximate surface area is 107 Å². The van der Waals surface area contributed by atoms with Crippen LogP contribution in [0.25, 0.3) is 10.9 Å². The number of nitrogens with zero attached hydrogens (tertiary/aromatic N) is 1. The molecule has 0 radical (unpaired) electrons. The van der Waals surface area contributed by atoms with Crippen LogP contribution in [0.3, 0.4) is 0 Å². The number of hydrogen-bond acceptors (Lipinski definition) is 2. The van der Waals surface area contributed by atoms with Crippen molar-refractivity contribution in [2.24, 2.45) is 0 Å². The van der Waals surface area contributed by atoms with E-state index in [-0.39, 0.29) is 5.97 Å². The molecule has 0 aliphatic rings. The second kappa shape index (κ2) is 5.08. The van der Waals surface area contributed by atoms with Crippen molar-refractivity contribution in [2.75, 3.05) is 7.11 Å². The van der Waals surface area contributed by atoms with Crippen LogP contribution >= 0.6 is 0 Å². The monoisotopic (exact) mass is 243 g/mol. The van der Waals surface area contributed by atoms with Gasteiger partial charge in [0.2, 0.25) is 0 Å². The molecule has 0 spiro atoms. The van der Waals surface area contributed by atoms with Crippen molar-refractivity contribution < 1.29 is 9.53 Å². The number of ether oxygens (including phenoxy) is 1. The molecule has 3 heteroatoms. The molecule has 0 fully saturated rings. The van der Waals surface area contributed by atoms with E-state index in [0.717, 1.165) is 0 Å². The summed E-state index contributed by atoms with van der Waals surface area (Å²) < 4.78 is 6.79. The summed E-state index contributed by atoms with van der Waals surface area (Å²) in [6.07, 6.45) is 3.92. The third kappa shape index (κ3) is 2.30. The smallest absolute Gasteiger partial charge is 0.333 e. The van der Waals surface area contributed by atoms with Gasteiger partial charge < -0.3 is 9.30 Å². The fourth-order valence-corrected chi connectivity index (χ4v) is 2.02. The third-order valence-electron chi connectivity index (χ3n) is 3.13. The maximum Gasteiger partial charge on any atom is 0.333 e. The van der Waals surface area contributed by atoms with Gasteiger partial charge in [0.1, 0.15) is 0 Å². The molecule has 0 N–H and O–H groups in total. The van der Waals surface area contributed by atoms with E-state index >= 15 is 0 Å². The first kappa shape index (κ1) is 12.4. The van der Waals surface area contributed by atoms with Crippen LogP contribution < -0.4 is 0 Å². The Morgan fingerprint density at radius 2 is 2.17 bits per heavy atom. The van der Waals surface area contributed by atoms with Gasteiger partial charge in [-0.25, -0.2) is 4.79 Å². The number of hydrogen-bond donors (Lipinski definition) is 0. The van der Waals surface area contributed by atoms with Crippen molar-refractivity contribution in [3.8, 4) is 0 Å². The van der Waals surface area contributed by atoms with E-state index in [1.165, 1.54) is 23.6 Å². The van der Waals surface area contributed by atoms with E-state index in [1.807, 2.05) is 18.3 Å². The molecule has 0 atom stereocenters. The highest BCUT2D eigenvalue weighted by Crippen LogP contribution is 2.19. The van der Waals surface area contributed by atoms with Gasteiger partial charge in [0, 0.05) is 29.2 Å². The highest BCUT2D eigenvalue weighted by Gasteiger charge is 2.04. The summed E-state index contributed by atoms with van der Waals surface area (Å²) in [5, 5.41) is 1.25. The summed E-state index contributed by atoms with van der Waals surface area (Å²) in [6.45, 7) is 4.54. The molecule has 3 nitrogen and oxygen atoms in total. The molecule has 0 saturated carbocycles. The molecule has 1 aromatic carbocycles. The molecular formula is C15H17NO2. The first-order valence-electron chi connectivity index (χ1n) is 5.93. The summed E-state index contributed by atoms with van der Waals surface area (Å²) in [7, 11) is 1.40. The molecule has 1 aromatic heterocycles. The van der Waals surface area contributed by atoms with Crippen molar-refractivity contribution in [2.45, 2.75) is 20.4 Å². The molecule has 94 valence electrons. The second-order valence-electron chi connectivity index (χ2n) is 4.35. The first-order chi connectivity index (χ1) is 8.63. The number of allylic oxidation sites excluding steroid dienone is 1. The SMILES string of the molecule is COC(=O)C(C)=CCn1ccc2c(C)cccc21. The zero-order valence-electron chi connectivity index (χ0n) is 10.9. The highest BCUT2D eigenvalue weighted by molar-refractivity contribution is 5.87. The Kier molecular flexibility index (Phi) is 3.51. The molecule has 2 aromatic rings. The lowest BCUT2D eigenvalue weighted by Gasteiger charge is -2.04. The molecule has 0 saturated heterocycles. The molecule has 1 heterocycles. The van der Waals surface area contributed by atoms with Crippen LogP contribution in [0.1, 0.15) is 12.5 Å². The fourth-order valence-electron chi connectivity index (χ4n) is 2.02. The largest absolute Gasteiger partial charge is 0.466 e. The predicted molar refractivity (Wildman–Crippen MR) is 72.4 cm³/mol. The van der Waals surface area contributed by atoms with Gasteiger partial charge in [0.05, 0.1) is 7.11 Å². The van der Waals surface area contributed by atoms with Crippen LogP contribution in [0, 0.1) is 6.92 Å². The maximum atomic E-state index is 11.3. The van der Waals surface area contributed by atoms with E-state index in [2.05, 4.69) is 34.4 Å². The number of carbonyl (C=O) groups is 1. The van der Waals surface area contributed by atoms with E-state index in [4.69, 9.17) is 0 Å². The van der Waals surface area contributed by atoms with Crippen molar-refractivity contribution in [3.63, 3.8) is 0 Å². The third-order valence-corrected chi connectivity index (χ3v) is 3.13. The minimum absolute atomic E-state index is 0.275. The number of aromatic nitrogens is 1. The molecule has 0 aliphatic carbocycles. The summed E-state index contributed by atoms with van der Waals surface area (Å²) in [4.78, 5) is 11.3. The van der Waals surface area contributed by atoms with Crippen LogP contribution in [-0.2, 0) is 16.1 Å². The lowest BCUT2D eigenvalue weighted by Crippen LogP contribution is -2.03. The molecule has 0 unspecified atom stereocenters. The predicted octanol–water partition coefficient (Wildman–Crippen LogP) is 3.07. The van der Waals surface area contributed by atoms with Crippen LogP contribution in [-0.4, -0.2) is 17.6 Å². The quantitative estimate of drug-likeness (QED) is 0.613. The van der Waals surface area contributed by atoms with Crippen LogP contribution in [0.4, 0.5) is 0 Å². The number of carbonyl (C=O) groups excluding carboxylic acids is 1. The summed E-state index contributed by atoms with van der Waals surface area (Å²) in [5.74, 6) is -0.275. The van der Waals surface area contributed by atoms with Crippen molar-refractivity contribution >= 4 is 16.9 Å². The van der Waals surface area contributed by atoms with Crippen molar-refractivity contribution in [1.82, 2.24) is 4.57 Å². The average Bonchev–Trinajstić information content (AvgIpc) is 2.79. The Morgan fingerprint density at radius 3 is 2.89 bits per heavy atom. The van der Waals surface area contributed by atoms with Gasteiger partial charge in [-0.15, -0.1) is 0 Å². The first-order valence-corrected chi connectivity index (χ1v) is 5.93. The van der Waals surface area contributed by atoms with Crippen molar-refractivity contribution in [3.05, 3.63) is 47.7 Å². The maximum absolute atomic E-state index is 11.3. The standard InChI is InChI=1S/C15H17NO2/c1-11-5-4-6-14-13(11)8-10-16(14)9-7-12(2)15(17)18-3/h4-8,10H,9H2,1-3H3. The summed E-state index contributed by atoms with van der Waals surface area (Å²) in [6, 6.07) is 8.34. The highest BCUT2D eigenvalue weighted by atomic mass is 16.5. The average molecular weight is 243 g/mol. The van der Waals surface area contributed by atoms with Crippen molar-refractivity contribution in [1.29, 1.82) is 0 Å². The van der Waals surface area contributed by atoms with Gasteiger partial charge in [-0.2, -0.15) is 0 Å². The van der Waals surface area contributed by atoms with Crippen LogP contribution in [0.15, 0.2) is 42.1 Å². The number of esters is 1. The number of rotatable bonds is 3. The van der Waals surface area contributed by atoms with Gasteiger partial charge in [0.25, 0.3) is 0 Å². The zero-order chi connectivity index (χ0) is 13.1. The lowest BCUT2D eigenvalue weighted by molar-refractivity contribution is -0.136. The Balaban J connectivity index is 2.28. The fraction of sp³-hybridized carbons (Fsp3) is 0.267. The number of aryl methyl sites for hydroxylation is 1. The molecule has 2 rings (SSSR count). The minimum Gasteiger partial charge on any atom is -0.466 e. The molecule has 0 amide bonds. The second-order valence-corrected chi connectivity index (χ2v) is 4.35. The molecule has 18 heavy (non-hydrogen) atoms. The Bertz CT molecular complexity index is 608. The van der Waals surface area contributed by atoms with E-state index in [9.17, 15) is 4.79 Å². The molecule has 0 bridgehead atoms. The van der Waals surface area contributed by atoms with E-state index in [1.54, 1.807) is 6.92 Å². The van der Waals surface area contributed by atoms with E-state index in [0.29, 0.717) is 12.1 Å². The minimum atomic E-state index is -0.275. The zero-order valence-corrected chi connectivity index (χ0v) is 10.9. The Morgan fingerprint density at radius 1 is 1.39 bits per heavy atom.